The van der Waals surface area contributed by atoms with E-state index in [1.807, 2.05) is 36.6 Å². The first-order valence-electron chi connectivity index (χ1n) is 4.80. The zero-order valence-corrected chi connectivity index (χ0v) is 9.58. The summed E-state index contributed by atoms with van der Waals surface area (Å²) in [5.74, 6) is 0. The molecule has 2 rings (SSSR count). The molecule has 0 radical (unpaired) electrons. The first kappa shape index (κ1) is 10.3. The fraction of sp³-hybridized carbons (Fsp3) is 0.250. The van der Waals surface area contributed by atoms with Crippen LogP contribution >= 0.6 is 11.3 Å². The predicted molar refractivity (Wildman–Crippen MR) is 62.0 cm³/mol. The minimum Gasteiger partial charge on any atom is -0.380 e. The SMILES string of the molecule is Cc1ccc(C(C)(O)c2cccs2)cn1. The third-order valence-corrected chi connectivity index (χ3v) is 3.56. The molecule has 0 spiro atoms. The Morgan fingerprint density at radius 2 is 2.13 bits per heavy atom. The second-order valence-corrected chi connectivity index (χ2v) is 4.69. The van der Waals surface area contributed by atoms with Gasteiger partial charge in [0.15, 0.2) is 0 Å². The summed E-state index contributed by atoms with van der Waals surface area (Å²) in [6, 6.07) is 7.71. The van der Waals surface area contributed by atoms with Gasteiger partial charge < -0.3 is 5.11 Å². The van der Waals surface area contributed by atoms with E-state index in [0.717, 1.165) is 16.1 Å². The molecule has 78 valence electrons. The standard InChI is InChI=1S/C12H13NOS/c1-9-5-6-10(8-13-9)12(2,14)11-4-3-7-15-11/h3-8,14H,1-2H3. The molecule has 1 unspecified atom stereocenters. The summed E-state index contributed by atoms with van der Waals surface area (Å²) < 4.78 is 0. The monoisotopic (exact) mass is 219 g/mol. The van der Waals surface area contributed by atoms with Crippen LogP contribution in [0, 0.1) is 6.92 Å². The van der Waals surface area contributed by atoms with E-state index in [-0.39, 0.29) is 0 Å². The number of nitrogens with zero attached hydrogens (tertiary/aromatic N) is 1. The summed E-state index contributed by atoms with van der Waals surface area (Å²) >= 11 is 1.55. The number of hydrogen-bond donors (Lipinski definition) is 1. The van der Waals surface area contributed by atoms with Crippen molar-refractivity contribution in [2.24, 2.45) is 0 Å². The maximum Gasteiger partial charge on any atom is 0.122 e. The van der Waals surface area contributed by atoms with E-state index in [1.165, 1.54) is 0 Å². The Labute approximate surface area is 93.2 Å². The summed E-state index contributed by atoms with van der Waals surface area (Å²) in [6.07, 6.45) is 1.73. The molecule has 2 nitrogen and oxygen atoms in total. The van der Waals surface area contributed by atoms with Crippen LogP contribution in [-0.4, -0.2) is 10.1 Å². The summed E-state index contributed by atoms with van der Waals surface area (Å²) in [5.41, 5.74) is 0.853. The van der Waals surface area contributed by atoms with Crippen molar-refractivity contribution in [3.05, 3.63) is 52.0 Å². The van der Waals surface area contributed by atoms with Crippen LogP contribution in [0.25, 0.3) is 0 Å². The maximum atomic E-state index is 10.4. The third kappa shape index (κ3) is 1.94. The molecule has 0 aliphatic heterocycles. The van der Waals surface area contributed by atoms with Crippen molar-refractivity contribution in [2.45, 2.75) is 19.4 Å². The molecule has 15 heavy (non-hydrogen) atoms. The van der Waals surface area contributed by atoms with Gasteiger partial charge in [-0.25, -0.2) is 0 Å². The van der Waals surface area contributed by atoms with Crippen molar-refractivity contribution in [1.82, 2.24) is 4.98 Å². The normalized spacial score (nSPS) is 14.9. The van der Waals surface area contributed by atoms with Crippen molar-refractivity contribution in [2.75, 3.05) is 0 Å². The van der Waals surface area contributed by atoms with Gasteiger partial charge in [-0.3, -0.25) is 4.98 Å². The van der Waals surface area contributed by atoms with E-state index in [2.05, 4.69) is 4.98 Å². The van der Waals surface area contributed by atoms with Crippen molar-refractivity contribution < 1.29 is 5.11 Å². The third-order valence-electron chi connectivity index (χ3n) is 2.47. The summed E-state index contributed by atoms with van der Waals surface area (Å²) in [6.45, 7) is 3.73. The minimum atomic E-state index is -0.936. The molecule has 0 saturated heterocycles. The van der Waals surface area contributed by atoms with Gasteiger partial charge in [-0.15, -0.1) is 11.3 Å². The van der Waals surface area contributed by atoms with Gasteiger partial charge in [0.2, 0.25) is 0 Å². The highest BCUT2D eigenvalue weighted by Crippen LogP contribution is 2.31. The van der Waals surface area contributed by atoms with Crippen LogP contribution in [0.1, 0.15) is 23.1 Å². The Morgan fingerprint density at radius 1 is 1.33 bits per heavy atom. The quantitative estimate of drug-likeness (QED) is 0.842. The van der Waals surface area contributed by atoms with Crippen LogP contribution in [0.15, 0.2) is 35.8 Å². The molecule has 0 aromatic carbocycles. The average molecular weight is 219 g/mol. The highest BCUT2D eigenvalue weighted by molar-refractivity contribution is 7.10. The van der Waals surface area contributed by atoms with Gasteiger partial charge in [-0.2, -0.15) is 0 Å². The van der Waals surface area contributed by atoms with Crippen molar-refractivity contribution in [3.8, 4) is 0 Å². The Hall–Kier alpha value is -1.19. The molecule has 0 aliphatic carbocycles. The number of aryl methyl sites for hydroxylation is 1. The molecular formula is C12H13NOS. The molecule has 0 bridgehead atoms. The van der Waals surface area contributed by atoms with Crippen molar-refractivity contribution in [1.29, 1.82) is 0 Å². The molecule has 1 atom stereocenters. The van der Waals surface area contributed by atoms with E-state index >= 15 is 0 Å². The van der Waals surface area contributed by atoms with Crippen LogP contribution in [0.3, 0.4) is 0 Å². The molecule has 2 aromatic heterocycles. The Kier molecular flexibility index (Phi) is 2.59. The molecule has 2 heterocycles. The van der Waals surface area contributed by atoms with Crippen LogP contribution in [0.4, 0.5) is 0 Å². The molecule has 1 N–H and O–H groups in total. The lowest BCUT2D eigenvalue weighted by Crippen LogP contribution is -2.21. The number of rotatable bonds is 2. The van der Waals surface area contributed by atoms with E-state index in [1.54, 1.807) is 24.5 Å². The first-order chi connectivity index (χ1) is 7.10. The number of thiophene rings is 1. The number of aliphatic hydroxyl groups is 1. The van der Waals surface area contributed by atoms with Gasteiger partial charge in [0.25, 0.3) is 0 Å². The molecular weight excluding hydrogens is 206 g/mol. The molecule has 0 fully saturated rings. The molecule has 0 saturated carbocycles. The van der Waals surface area contributed by atoms with Gasteiger partial charge >= 0.3 is 0 Å². The zero-order valence-electron chi connectivity index (χ0n) is 8.77. The van der Waals surface area contributed by atoms with E-state index in [0.29, 0.717) is 0 Å². The fourth-order valence-electron chi connectivity index (χ4n) is 1.45. The lowest BCUT2D eigenvalue weighted by molar-refractivity contribution is 0.106. The lowest BCUT2D eigenvalue weighted by Gasteiger charge is -2.22. The van der Waals surface area contributed by atoms with Crippen LogP contribution in [-0.2, 0) is 5.60 Å². The molecule has 3 heteroatoms. The second-order valence-electron chi connectivity index (χ2n) is 3.74. The number of hydrogen-bond acceptors (Lipinski definition) is 3. The maximum absolute atomic E-state index is 10.4. The number of pyridine rings is 1. The van der Waals surface area contributed by atoms with E-state index in [4.69, 9.17) is 0 Å². The lowest BCUT2D eigenvalue weighted by atomic mass is 9.96. The summed E-state index contributed by atoms with van der Waals surface area (Å²) in [4.78, 5) is 5.14. The Bertz CT molecular complexity index is 431. The van der Waals surface area contributed by atoms with Crippen molar-refractivity contribution >= 4 is 11.3 Å². The largest absolute Gasteiger partial charge is 0.380 e. The van der Waals surface area contributed by atoms with Gasteiger partial charge in [-0.05, 0) is 31.4 Å². The molecule has 2 aromatic rings. The Balaban J connectivity index is 2.41. The second kappa shape index (κ2) is 3.76. The van der Waals surface area contributed by atoms with Gasteiger partial charge in [0.1, 0.15) is 5.60 Å². The summed E-state index contributed by atoms with van der Waals surface area (Å²) in [5, 5.41) is 12.4. The van der Waals surface area contributed by atoms with Gasteiger partial charge in [-0.1, -0.05) is 12.1 Å². The van der Waals surface area contributed by atoms with E-state index < -0.39 is 5.60 Å². The van der Waals surface area contributed by atoms with Crippen LogP contribution in [0.2, 0.25) is 0 Å². The van der Waals surface area contributed by atoms with Crippen LogP contribution in [0.5, 0.6) is 0 Å². The predicted octanol–water partition coefficient (Wildman–Crippen LogP) is 2.71. The average Bonchev–Trinajstić information content (AvgIpc) is 2.71. The highest BCUT2D eigenvalue weighted by atomic mass is 32.1. The minimum absolute atomic E-state index is 0.829. The fourth-order valence-corrected chi connectivity index (χ4v) is 2.26. The zero-order chi connectivity index (χ0) is 10.9. The number of aromatic nitrogens is 1. The first-order valence-corrected chi connectivity index (χ1v) is 5.68. The van der Waals surface area contributed by atoms with Gasteiger partial charge in [0, 0.05) is 22.3 Å². The highest BCUT2D eigenvalue weighted by Gasteiger charge is 2.26. The molecule has 0 amide bonds. The van der Waals surface area contributed by atoms with Gasteiger partial charge in [0.05, 0.1) is 0 Å². The Morgan fingerprint density at radius 3 is 2.67 bits per heavy atom. The van der Waals surface area contributed by atoms with E-state index in [9.17, 15) is 5.11 Å². The summed E-state index contributed by atoms with van der Waals surface area (Å²) in [7, 11) is 0. The molecule has 0 aliphatic rings. The smallest absolute Gasteiger partial charge is 0.122 e. The van der Waals surface area contributed by atoms with Crippen LogP contribution < -0.4 is 0 Å². The van der Waals surface area contributed by atoms with Crippen molar-refractivity contribution in [3.63, 3.8) is 0 Å². The topological polar surface area (TPSA) is 33.1 Å².